The third-order valence-corrected chi connectivity index (χ3v) is 3.26. The Hall–Kier alpha value is -2.87. The van der Waals surface area contributed by atoms with Crippen molar-refractivity contribution >= 4 is 5.91 Å². The highest BCUT2D eigenvalue weighted by molar-refractivity contribution is 5.97. The minimum Gasteiger partial charge on any atom is -0.507 e. The fourth-order valence-electron chi connectivity index (χ4n) is 2.14. The number of nitriles is 1. The van der Waals surface area contributed by atoms with Crippen LogP contribution in [0, 0.1) is 18.3 Å². The number of carbonyl (C=O) groups is 1. The first-order valence-electron chi connectivity index (χ1n) is 6.96. The van der Waals surface area contributed by atoms with Gasteiger partial charge in [-0.05, 0) is 30.7 Å². The number of phenols is 1. The summed E-state index contributed by atoms with van der Waals surface area (Å²) in [5.74, 6) is -0.343. The molecule has 0 fully saturated rings. The van der Waals surface area contributed by atoms with E-state index in [2.05, 4.69) is 4.98 Å². The van der Waals surface area contributed by atoms with Crippen LogP contribution in [0.3, 0.4) is 0 Å². The van der Waals surface area contributed by atoms with Crippen molar-refractivity contribution in [2.45, 2.75) is 19.9 Å². The number of pyridine rings is 1. The van der Waals surface area contributed by atoms with Gasteiger partial charge in [0.1, 0.15) is 5.75 Å². The highest BCUT2D eigenvalue weighted by atomic mass is 16.3. The van der Waals surface area contributed by atoms with Crippen molar-refractivity contribution in [2.75, 3.05) is 6.54 Å². The van der Waals surface area contributed by atoms with Crippen LogP contribution < -0.4 is 0 Å². The molecule has 0 spiro atoms. The van der Waals surface area contributed by atoms with Gasteiger partial charge in [0.05, 0.1) is 18.1 Å². The van der Waals surface area contributed by atoms with Crippen molar-refractivity contribution in [1.29, 1.82) is 5.26 Å². The number of hydrogen-bond acceptors (Lipinski definition) is 4. The molecule has 112 valence electrons. The molecule has 1 amide bonds. The summed E-state index contributed by atoms with van der Waals surface area (Å²) in [5.41, 5.74) is 2.02. The molecule has 1 heterocycles. The Morgan fingerprint density at radius 1 is 1.41 bits per heavy atom. The van der Waals surface area contributed by atoms with E-state index in [0.717, 1.165) is 11.1 Å². The average Bonchev–Trinajstić information content (AvgIpc) is 2.54. The number of aryl methyl sites for hydroxylation is 1. The van der Waals surface area contributed by atoms with E-state index in [-0.39, 0.29) is 23.6 Å². The number of nitrogens with zero attached hydrogens (tertiary/aromatic N) is 3. The summed E-state index contributed by atoms with van der Waals surface area (Å²) in [6.45, 7) is 2.51. The lowest BCUT2D eigenvalue weighted by Crippen LogP contribution is -2.31. The Balaban J connectivity index is 2.26. The summed E-state index contributed by atoms with van der Waals surface area (Å²) in [6.07, 6.45) is 3.58. The van der Waals surface area contributed by atoms with Gasteiger partial charge >= 0.3 is 0 Å². The predicted molar refractivity (Wildman–Crippen MR) is 82.1 cm³/mol. The molecular formula is C17H17N3O2. The van der Waals surface area contributed by atoms with E-state index in [1.807, 2.05) is 19.1 Å². The topological polar surface area (TPSA) is 77.2 Å². The lowest BCUT2D eigenvalue weighted by molar-refractivity contribution is 0.0743. The van der Waals surface area contributed by atoms with Gasteiger partial charge in [0.2, 0.25) is 0 Å². The third kappa shape index (κ3) is 3.83. The number of amides is 1. The molecule has 0 atom stereocenters. The molecule has 5 nitrogen and oxygen atoms in total. The van der Waals surface area contributed by atoms with Gasteiger partial charge in [-0.2, -0.15) is 5.26 Å². The summed E-state index contributed by atoms with van der Waals surface area (Å²) < 4.78 is 0. The van der Waals surface area contributed by atoms with Gasteiger partial charge in [-0.3, -0.25) is 9.78 Å². The standard InChI is InChI=1S/C17H17N3O2/c1-13-5-6-16(21)15(10-13)17(22)20(9-3-7-18)12-14-4-2-8-19-11-14/h2,4-6,8,10-11,21H,3,9,12H2,1H3. The monoisotopic (exact) mass is 295 g/mol. The molecule has 0 saturated carbocycles. The van der Waals surface area contributed by atoms with Gasteiger partial charge in [0.25, 0.3) is 5.91 Å². The van der Waals surface area contributed by atoms with Crippen LogP contribution >= 0.6 is 0 Å². The van der Waals surface area contributed by atoms with Gasteiger partial charge in [-0.15, -0.1) is 0 Å². The van der Waals surface area contributed by atoms with Gasteiger partial charge in [-0.25, -0.2) is 0 Å². The number of carbonyl (C=O) groups excluding carboxylic acids is 1. The van der Waals surface area contributed by atoms with Crippen LogP contribution in [0.4, 0.5) is 0 Å². The minimum atomic E-state index is -0.291. The normalized spacial score (nSPS) is 10.0. The number of hydrogen-bond donors (Lipinski definition) is 1. The molecule has 2 rings (SSSR count). The Morgan fingerprint density at radius 2 is 2.23 bits per heavy atom. The van der Waals surface area contributed by atoms with Crippen LogP contribution in [-0.2, 0) is 6.54 Å². The molecule has 5 heteroatoms. The Labute approximate surface area is 129 Å². The second-order valence-electron chi connectivity index (χ2n) is 5.02. The second-order valence-corrected chi connectivity index (χ2v) is 5.02. The maximum absolute atomic E-state index is 12.7. The van der Waals surface area contributed by atoms with E-state index in [1.165, 1.54) is 6.07 Å². The van der Waals surface area contributed by atoms with Crippen molar-refractivity contribution in [1.82, 2.24) is 9.88 Å². The Morgan fingerprint density at radius 3 is 2.91 bits per heavy atom. The number of rotatable bonds is 5. The largest absolute Gasteiger partial charge is 0.507 e. The molecule has 0 saturated heterocycles. The molecular weight excluding hydrogens is 278 g/mol. The molecule has 0 aliphatic carbocycles. The van der Waals surface area contributed by atoms with Crippen molar-refractivity contribution < 1.29 is 9.90 Å². The van der Waals surface area contributed by atoms with Crippen LogP contribution in [-0.4, -0.2) is 27.4 Å². The molecule has 0 aliphatic rings. The maximum Gasteiger partial charge on any atom is 0.257 e. The minimum absolute atomic E-state index is 0.0521. The zero-order chi connectivity index (χ0) is 15.9. The number of phenolic OH excluding ortho intramolecular Hbond substituents is 1. The summed E-state index contributed by atoms with van der Waals surface area (Å²) in [5, 5.41) is 18.7. The van der Waals surface area contributed by atoms with Crippen molar-refractivity contribution in [2.24, 2.45) is 0 Å². The third-order valence-electron chi connectivity index (χ3n) is 3.26. The molecule has 0 unspecified atom stereocenters. The number of aromatic hydroxyl groups is 1. The van der Waals surface area contributed by atoms with Crippen LogP contribution in [0.25, 0.3) is 0 Å². The summed E-state index contributed by atoms with van der Waals surface area (Å²) in [4.78, 5) is 18.2. The van der Waals surface area contributed by atoms with E-state index >= 15 is 0 Å². The molecule has 2 aromatic rings. The summed E-state index contributed by atoms with van der Waals surface area (Å²) in [6, 6.07) is 10.6. The predicted octanol–water partition coefficient (Wildman–Crippen LogP) is 2.65. The van der Waals surface area contributed by atoms with Gasteiger partial charge in [0, 0.05) is 25.5 Å². The number of aromatic nitrogens is 1. The summed E-state index contributed by atoms with van der Waals surface area (Å²) in [7, 11) is 0. The van der Waals surface area contributed by atoms with Gasteiger partial charge in [-0.1, -0.05) is 17.7 Å². The molecule has 1 N–H and O–H groups in total. The van der Waals surface area contributed by atoms with E-state index in [9.17, 15) is 9.90 Å². The molecule has 0 bridgehead atoms. The SMILES string of the molecule is Cc1ccc(O)c(C(=O)N(CCC#N)Cc2cccnc2)c1. The quantitative estimate of drug-likeness (QED) is 0.920. The summed E-state index contributed by atoms with van der Waals surface area (Å²) >= 11 is 0. The lowest BCUT2D eigenvalue weighted by atomic mass is 10.1. The van der Waals surface area contributed by atoms with Crippen LogP contribution in [0.15, 0.2) is 42.7 Å². The first-order chi connectivity index (χ1) is 10.6. The van der Waals surface area contributed by atoms with Crippen molar-refractivity contribution in [3.8, 4) is 11.8 Å². The number of benzene rings is 1. The molecule has 1 aromatic carbocycles. The molecule has 0 radical (unpaired) electrons. The molecule has 1 aromatic heterocycles. The zero-order valence-corrected chi connectivity index (χ0v) is 12.4. The first-order valence-corrected chi connectivity index (χ1v) is 6.96. The lowest BCUT2D eigenvalue weighted by Gasteiger charge is -2.22. The molecule has 0 aliphatic heterocycles. The highest BCUT2D eigenvalue weighted by Crippen LogP contribution is 2.21. The fraction of sp³-hybridized carbons (Fsp3) is 0.235. The average molecular weight is 295 g/mol. The Bertz CT molecular complexity index is 693. The zero-order valence-electron chi connectivity index (χ0n) is 12.4. The van der Waals surface area contributed by atoms with Crippen LogP contribution in [0.1, 0.15) is 27.9 Å². The van der Waals surface area contributed by atoms with Crippen molar-refractivity contribution in [3.63, 3.8) is 0 Å². The van der Waals surface area contributed by atoms with E-state index < -0.39 is 0 Å². The van der Waals surface area contributed by atoms with Gasteiger partial charge in [0.15, 0.2) is 0 Å². The van der Waals surface area contributed by atoms with E-state index in [1.54, 1.807) is 35.5 Å². The highest BCUT2D eigenvalue weighted by Gasteiger charge is 2.19. The molecule has 22 heavy (non-hydrogen) atoms. The fourth-order valence-corrected chi connectivity index (χ4v) is 2.14. The first kappa shape index (κ1) is 15.5. The Kier molecular flexibility index (Phi) is 5.10. The van der Waals surface area contributed by atoms with Crippen LogP contribution in [0.2, 0.25) is 0 Å². The second kappa shape index (κ2) is 7.23. The van der Waals surface area contributed by atoms with Gasteiger partial charge < -0.3 is 10.0 Å². The smallest absolute Gasteiger partial charge is 0.257 e. The van der Waals surface area contributed by atoms with E-state index in [0.29, 0.717) is 13.1 Å². The van der Waals surface area contributed by atoms with E-state index in [4.69, 9.17) is 5.26 Å². The van der Waals surface area contributed by atoms with Crippen molar-refractivity contribution in [3.05, 3.63) is 59.4 Å². The van der Waals surface area contributed by atoms with Crippen LogP contribution in [0.5, 0.6) is 5.75 Å². The maximum atomic E-state index is 12.7.